The van der Waals surface area contributed by atoms with Crippen LogP contribution in [0.5, 0.6) is 0 Å². The minimum absolute atomic E-state index is 0.0378. The van der Waals surface area contributed by atoms with Gasteiger partial charge in [-0.25, -0.2) is 4.98 Å². The predicted molar refractivity (Wildman–Crippen MR) is 109 cm³/mol. The second-order valence-electron chi connectivity index (χ2n) is 7.67. The van der Waals surface area contributed by atoms with E-state index < -0.39 is 0 Å². The van der Waals surface area contributed by atoms with E-state index >= 15 is 0 Å². The fourth-order valence-electron chi connectivity index (χ4n) is 4.27. The molecule has 5 nitrogen and oxygen atoms in total. The van der Waals surface area contributed by atoms with Crippen molar-refractivity contribution in [1.82, 2.24) is 14.5 Å². The SMILES string of the molecule is C[C@@H](Sc1nc2ccccc2c(=O)n1C1CCCCC1)C(=O)N1CCCC1. The van der Waals surface area contributed by atoms with Crippen LogP contribution in [-0.4, -0.2) is 38.7 Å². The second kappa shape index (κ2) is 8.05. The number of fused-ring (bicyclic) bond motifs is 1. The van der Waals surface area contributed by atoms with Crippen LogP contribution in [0.25, 0.3) is 10.9 Å². The number of carbonyl (C=O) groups excluding carboxylic acids is 1. The molecule has 2 heterocycles. The lowest BCUT2D eigenvalue weighted by Gasteiger charge is -2.27. The Bertz CT molecular complexity index is 883. The van der Waals surface area contributed by atoms with Crippen LogP contribution in [0.4, 0.5) is 0 Å². The van der Waals surface area contributed by atoms with Crippen LogP contribution in [0, 0.1) is 0 Å². The van der Waals surface area contributed by atoms with Gasteiger partial charge in [0.15, 0.2) is 5.16 Å². The number of rotatable bonds is 4. The summed E-state index contributed by atoms with van der Waals surface area (Å²) in [5.74, 6) is 0.162. The zero-order valence-electron chi connectivity index (χ0n) is 15.9. The largest absolute Gasteiger partial charge is 0.342 e. The fraction of sp³-hybridized carbons (Fsp3) is 0.571. The normalized spacial score (nSPS) is 19.5. The van der Waals surface area contributed by atoms with Crippen LogP contribution < -0.4 is 5.56 Å². The molecule has 1 atom stereocenters. The number of nitrogens with zero attached hydrogens (tertiary/aromatic N) is 3. The molecule has 1 aliphatic carbocycles. The number of thioether (sulfide) groups is 1. The monoisotopic (exact) mass is 385 g/mol. The molecule has 144 valence electrons. The van der Waals surface area contributed by atoms with E-state index in [9.17, 15) is 9.59 Å². The van der Waals surface area contributed by atoms with E-state index in [-0.39, 0.29) is 22.8 Å². The molecule has 1 aromatic heterocycles. The first kappa shape index (κ1) is 18.5. The average Bonchev–Trinajstić information content (AvgIpc) is 3.23. The molecular weight excluding hydrogens is 358 g/mol. The maximum Gasteiger partial charge on any atom is 0.262 e. The van der Waals surface area contributed by atoms with Crippen LogP contribution in [0.1, 0.15) is 57.9 Å². The third-order valence-corrected chi connectivity index (χ3v) is 6.82. The van der Waals surface area contributed by atoms with Gasteiger partial charge < -0.3 is 4.90 Å². The Hall–Kier alpha value is -1.82. The molecular formula is C21H27N3O2S. The molecule has 0 radical (unpaired) electrons. The van der Waals surface area contributed by atoms with E-state index in [1.807, 2.05) is 40.7 Å². The fourth-order valence-corrected chi connectivity index (χ4v) is 5.34. The summed E-state index contributed by atoms with van der Waals surface area (Å²) in [5, 5.41) is 1.14. The predicted octanol–water partition coefficient (Wildman–Crippen LogP) is 4.00. The van der Waals surface area contributed by atoms with Crippen LogP contribution in [0.2, 0.25) is 0 Å². The molecule has 0 N–H and O–H groups in total. The first-order chi connectivity index (χ1) is 13.1. The molecule has 1 saturated carbocycles. The Morgan fingerprint density at radius 1 is 1.11 bits per heavy atom. The molecule has 0 spiro atoms. The molecule has 2 fully saturated rings. The van der Waals surface area contributed by atoms with Crippen molar-refractivity contribution in [2.75, 3.05) is 13.1 Å². The summed E-state index contributed by atoms with van der Waals surface area (Å²) in [6.07, 6.45) is 7.74. The Kier molecular flexibility index (Phi) is 5.53. The third-order valence-electron chi connectivity index (χ3n) is 5.76. The molecule has 2 aliphatic rings. The lowest BCUT2D eigenvalue weighted by atomic mass is 9.95. The van der Waals surface area contributed by atoms with Crippen LogP contribution in [0.3, 0.4) is 0 Å². The highest BCUT2D eigenvalue weighted by Crippen LogP contribution is 2.32. The maximum atomic E-state index is 13.3. The van der Waals surface area contributed by atoms with Crippen molar-refractivity contribution in [1.29, 1.82) is 0 Å². The average molecular weight is 386 g/mol. The molecule has 2 aromatic rings. The molecule has 0 unspecified atom stereocenters. The van der Waals surface area contributed by atoms with Gasteiger partial charge >= 0.3 is 0 Å². The summed E-state index contributed by atoms with van der Waals surface area (Å²) in [4.78, 5) is 32.8. The van der Waals surface area contributed by atoms with Crippen LogP contribution in [-0.2, 0) is 4.79 Å². The molecule has 4 rings (SSSR count). The highest BCUT2D eigenvalue weighted by molar-refractivity contribution is 8.00. The molecule has 1 aromatic carbocycles. The minimum atomic E-state index is -0.231. The number of hydrogen-bond donors (Lipinski definition) is 0. The summed E-state index contributed by atoms with van der Waals surface area (Å²) >= 11 is 1.45. The summed E-state index contributed by atoms with van der Waals surface area (Å²) in [6, 6.07) is 7.74. The van der Waals surface area contributed by atoms with Crippen LogP contribution in [0.15, 0.2) is 34.2 Å². The van der Waals surface area contributed by atoms with Gasteiger partial charge in [0.1, 0.15) is 0 Å². The van der Waals surface area contributed by atoms with E-state index in [0.717, 1.165) is 57.1 Å². The summed E-state index contributed by atoms with van der Waals surface area (Å²) in [7, 11) is 0. The van der Waals surface area contributed by atoms with Gasteiger partial charge in [-0.05, 0) is 44.7 Å². The van der Waals surface area contributed by atoms with Crippen molar-refractivity contribution in [3.63, 3.8) is 0 Å². The molecule has 0 bridgehead atoms. The Balaban J connectivity index is 1.71. The van der Waals surface area contributed by atoms with Crippen molar-refractivity contribution in [3.05, 3.63) is 34.6 Å². The van der Waals surface area contributed by atoms with Crippen molar-refractivity contribution < 1.29 is 4.79 Å². The van der Waals surface area contributed by atoms with E-state index in [1.165, 1.54) is 18.2 Å². The van der Waals surface area contributed by atoms with Crippen molar-refractivity contribution in [3.8, 4) is 0 Å². The first-order valence-electron chi connectivity index (χ1n) is 10.1. The number of likely N-dealkylation sites (tertiary alicyclic amines) is 1. The van der Waals surface area contributed by atoms with Gasteiger partial charge in [0.25, 0.3) is 5.56 Å². The summed E-state index contributed by atoms with van der Waals surface area (Å²) in [6.45, 7) is 3.65. The van der Waals surface area contributed by atoms with Crippen molar-refractivity contribution >= 4 is 28.6 Å². The zero-order valence-corrected chi connectivity index (χ0v) is 16.7. The van der Waals surface area contributed by atoms with E-state index in [0.29, 0.717) is 10.5 Å². The number of carbonyl (C=O) groups is 1. The standard InChI is InChI=1S/C21H27N3O2S/c1-15(19(25)23-13-7-8-14-23)27-21-22-18-12-6-5-11-17(18)20(26)24(21)16-9-3-2-4-10-16/h5-6,11-12,15-16H,2-4,7-10,13-14H2,1H3/t15-/m1/s1. The van der Waals surface area contributed by atoms with Gasteiger partial charge in [0, 0.05) is 19.1 Å². The molecule has 1 saturated heterocycles. The molecule has 1 aliphatic heterocycles. The Morgan fingerprint density at radius 2 is 1.81 bits per heavy atom. The van der Waals surface area contributed by atoms with E-state index in [4.69, 9.17) is 4.98 Å². The second-order valence-corrected chi connectivity index (χ2v) is 8.98. The maximum absolute atomic E-state index is 13.3. The first-order valence-corrected chi connectivity index (χ1v) is 11.0. The topological polar surface area (TPSA) is 55.2 Å². The number of hydrogen-bond acceptors (Lipinski definition) is 4. The minimum Gasteiger partial charge on any atom is -0.342 e. The number of para-hydroxylation sites is 1. The lowest BCUT2D eigenvalue weighted by molar-refractivity contribution is -0.129. The Morgan fingerprint density at radius 3 is 2.56 bits per heavy atom. The highest BCUT2D eigenvalue weighted by Gasteiger charge is 2.28. The third kappa shape index (κ3) is 3.77. The Labute approximate surface area is 164 Å². The van der Waals surface area contributed by atoms with Gasteiger partial charge in [-0.15, -0.1) is 0 Å². The van der Waals surface area contributed by atoms with Gasteiger partial charge in [0.2, 0.25) is 5.91 Å². The molecule has 6 heteroatoms. The number of benzene rings is 1. The quantitative estimate of drug-likeness (QED) is 0.589. The van der Waals surface area contributed by atoms with Gasteiger partial charge in [0.05, 0.1) is 16.2 Å². The number of aromatic nitrogens is 2. The highest BCUT2D eigenvalue weighted by atomic mass is 32.2. The molecule has 1 amide bonds. The molecule has 27 heavy (non-hydrogen) atoms. The van der Waals surface area contributed by atoms with Crippen LogP contribution >= 0.6 is 11.8 Å². The summed E-state index contributed by atoms with van der Waals surface area (Å²) < 4.78 is 1.89. The van der Waals surface area contributed by atoms with Crippen molar-refractivity contribution in [2.45, 2.75) is 68.3 Å². The smallest absolute Gasteiger partial charge is 0.262 e. The summed E-state index contributed by atoms with van der Waals surface area (Å²) in [5.41, 5.74) is 0.758. The van der Waals surface area contributed by atoms with Gasteiger partial charge in [-0.3, -0.25) is 14.2 Å². The van der Waals surface area contributed by atoms with Gasteiger partial charge in [-0.1, -0.05) is 43.2 Å². The van der Waals surface area contributed by atoms with Crippen molar-refractivity contribution in [2.24, 2.45) is 0 Å². The van der Waals surface area contributed by atoms with E-state index in [1.54, 1.807) is 0 Å². The zero-order chi connectivity index (χ0) is 18.8. The van der Waals surface area contributed by atoms with Gasteiger partial charge in [-0.2, -0.15) is 0 Å². The lowest BCUT2D eigenvalue weighted by Crippen LogP contribution is -2.35. The number of amides is 1. The van der Waals surface area contributed by atoms with E-state index in [2.05, 4.69) is 0 Å².